The number of hydrogen-bond donors (Lipinski definition) is 0. The summed E-state index contributed by atoms with van der Waals surface area (Å²) in [6.07, 6.45) is 65.1. The van der Waals surface area contributed by atoms with Crippen molar-refractivity contribution in [3.8, 4) is 0 Å². The van der Waals surface area contributed by atoms with Gasteiger partial charge in [0, 0.05) is 19.3 Å². The predicted octanol–water partition coefficient (Wildman–Crippen LogP) is 16.0. The molecule has 0 aliphatic rings. The molecule has 0 aliphatic carbocycles. The second-order valence-electron chi connectivity index (χ2n) is 15.6. The summed E-state index contributed by atoms with van der Waals surface area (Å²) in [5, 5.41) is 0. The minimum absolute atomic E-state index is 0.125. The molecule has 61 heavy (non-hydrogen) atoms. The maximum Gasteiger partial charge on any atom is 0.306 e. The Balaban J connectivity index is 4.56. The van der Waals surface area contributed by atoms with E-state index in [9.17, 15) is 14.4 Å². The van der Waals surface area contributed by atoms with E-state index >= 15 is 0 Å². The Labute approximate surface area is 374 Å². The van der Waals surface area contributed by atoms with Gasteiger partial charge in [-0.25, -0.2) is 0 Å². The topological polar surface area (TPSA) is 78.9 Å². The highest BCUT2D eigenvalue weighted by molar-refractivity contribution is 5.71. The third-order valence-corrected chi connectivity index (χ3v) is 9.76. The minimum Gasteiger partial charge on any atom is -0.462 e. The van der Waals surface area contributed by atoms with Gasteiger partial charge in [-0.15, -0.1) is 0 Å². The van der Waals surface area contributed by atoms with E-state index in [1.54, 1.807) is 0 Å². The number of carbonyl (C=O) groups excluding carboxylic acids is 3. The fraction of sp³-hybridized carbons (Fsp3) is 0.618. The molecule has 0 heterocycles. The van der Waals surface area contributed by atoms with Gasteiger partial charge in [0.05, 0.1) is 0 Å². The minimum atomic E-state index is -0.826. The largest absolute Gasteiger partial charge is 0.462 e. The van der Waals surface area contributed by atoms with Gasteiger partial charge in [0.15, 0.2) is 6.10 Å². The van der Waals surface area contributed by atoms with Crippen LogP contribution in [0.5, 0.6) is 0 Å². The van der Waals surface area contributed by atoms with Crippen molar-refractivity contribution in [3.63, 3.8) is 0 Å². The molecule has 1 unspecified atom stereocenters. The zero-order valence-electron chi connectivity index (χ0n) is 39.1. The van der Waals surface area contributed by atoms with Gasteiger partial charge in [-0.2, -0.15) is 0 Å². The van der Waals surface area contributed by atoms with Crippen LogP contribution in [0, 0.1) is 0 Å². The summed E-state index contributed by atoms with van der Waals surface area (Å²) in [5.41, 5.74) is 0. The highest BCUT2D eigenvalue weighted by Gasteiger charge is 2.19. The third kappa shape index (κ3) is 47.0. The molecule has 6 heteroatoms. The smallest absolute Gasteiger partial charge is 0.306 e. The first kappa shape index (κ1) is 57.1. The Kier molecular flexibility index (Phi) is 45.6. The third-order valence-electron chi connectivity index (χ3n) is 9.76. The summed E-state index contributed by atoms with van der Waals surface area (Å²) >= 11 is 0. The van der Waals surface area contributed by atoms with Crippen LogP contribution in [0.3, 0.4) is 0 Å². The number of carbonyl (C=O) groups is 3. The van der Waals surface area contributed by atoms with Gasteiger partial charge >= 0.3 is 17.9 Å². The SMILES string of the molecule is CC/C=C\C/C=C\C/C=C\C/C=C\C/C=C\CCC(=O)OCC(COC(=O)CCCC/C=C\C/C=C\C/C=C\CC)OC(=O)CCCCCCCCC/C=C\CCCCCC. The number of hydrogen-bond acceptors (Lipinski definition) is 6. The van der Waals surface area contributed by atoms with Crippen molar-refractivity contribution < 1.29 is 28.6 Å². The lowest BCUT2D eigenvalue weighted by atomic mass is 10.1. The molecule has 1 atom stereocenters. The second kappa shape index (κ2) is 48.7. The van der Waals surface area contributed by atoms with E-state index in [0.717, 1.165) is 83.5 Å². The van der Waals surface area contributed by atoms with Gasteiger partial charge in [-0.1, -0.05) is 182 Å². The monoisotopic (exact) mass is 845 g/mol. The van der Waals surface area contributed by atoms with Gasteiger partial charge in [-0.05, 0) is 109 Å². The summed E-state index contributed by atoms with van der Waals surface area (Å²) in [6.45, 7) is 6.27. The quantitative estimate of drug-likeness (QED) is 0.0264. The van der Waals surface area contributed by atoms with Crippen LogP contribution >= 0.6 is 0 Å². The number of allylic oxidation sites excluding steroid dienone is 18. The Morgan fingerprint density at radius 1 is 0.344 bits per heavy atom. The molecular formula is C55H88O6. The first-order chi connectivity index (χ1) is 30.0. The number of rotatable bonds is 42. The van der Waals surface area contributed by atoms with E-state index < -0.39 is 6.10 Å². The van der Waals surface area contributed by atoms with Crippen molar-refractivity contribution in [2.24, 2.45) is 0 Å². The molecule has 0 saturated heterocycles. The lowest BCUT2D eigenvalue weighted by Crippen LogP contribution is -2.30. The molecule has 0 aromatic rings. The zero-order valence-corrected chi connectivity index (χ0v) is 39.1. The molecule has 0 rings (SSSR count). The van der Waals surface area contributed by atoms with Crippen LogP contribution in [-0.2, 0) is 28.6 Å². The van der Waals surface area contributed by atoms with Crippen LogP contribution in [-0.4, -0.2) is 37.2 Å². The van der Waals surface area contributed by atoms with Gasteiger partial charge in [-0.3, -0.25) is 14.4 Å². The fourth-order valence-electron chi connectivity index (χ4n) is 6.15. The van der Waals surface area contributed by atoms with Gasteiger partial charge in [0.2, 0.25) is 0 Å². The van der Waals surface area contributed by atoms with Crippen molar-refractivity contribution in [1.29, 1.82) is 0 Å². The van der Waals surface area contributed by atoms with Crippen LogP contribution in [0.4, 0.5) is 0 Å². The molecule has 0 aromatic heterocycles. The first-order valence-electron chi connectivity index (χ1n) is 24.4. The molecule has 0 N–H and O–H groups in total. The molecule has 0 radical (unpaired) electrons. The van der Waals surface area contributed by atoms with E-state index in [0.29, 0.717) is 25.7 Å². The van der Waals surface area contributed by atoms with Crippen LogP contribution in [0.25, 0.3) is 0 Å². The Hall–Kier alpha value is -3.93. The molecular weight excluding hydrogens is 757 g/mol. The van der Waals surface area contributed by atoms with Crippen molar-refractivity contribution in [3.05, 3.63) is 109 Å². The molecule has 0 amide bonds. The van der Waals surface area contributed by atoms with Crippen LogP contribution in [0.2, 0.25) is 0 Å². The van der Waals surface area contributed by atoms with Crippen molar-refractivity contribution in [1.82, 2.24) is 0 Å². The highest BCUT2D eigenvalue weighted by atomic mass is 16.6. The molecule has 0 aromatic carbocycles. The lowest BCUT2D eigenvalue weighted by Gasteiger charge is -2.18. The van der Waals surface area contributed by atoms with Crippen LogP contribution in [0.1, 0.15) is 201 Å². The Morgan fingerprint density at radius 3 is 1.15 bits per heavy atom. The van der Waals surface area contributed by atoms with Gasteiger partial charge in [0.1, 0.15) is 13.2 Å². The van der Waals surface area contributed by atoms with E-state index in [1.165, 1.54) is 64.2 Å². The molecule has 6 nitrogen and oxygen atoms in total. The maximum absolute atomic E-state index is 12.8. The van der Waals surface area contributed by atoms with E-state index in [2.05, 4.69) is 118 Å². The van der Waals surface area contributed by atoms with E-state index in [1.807, 2.05) is 12.2 Å². The first-order valence-corrected chi connectivity index (χ1v) is 24.4. The van der Waals surface area contributed by atoms with E-state index in [4.69, 9.17) is 14.2 Å². The summed E-state index contributed by atoms with van der Waals surface area (Å²) in [6, 6.07) is 0. The fourth-order valence-corrected chi connectivity index (χ4v) is 6.15. The van der Waals surface area contributed by atoms with Crippen molar-refractivity contribution in [2.45, 2.75) is 207 Å². The molecule has 0 bridgehead atoms. The number of esters is 3. The highest BCUT2D eigenvalue weighted by Crippen LogP contribution is 2.13. The normalized spacial score (nSPS) is 13.0. The van der Waals surface area contributed by atoms with Crippen LogP contribution in [0.15, 0.2) is 109 Å². The van der Waals surface area contributed by atoms with Crippen molar-refractivity contribution >= 4 is 17.9 Å². The molecule has 0 fully saturated rings. The van der Waals surface area contributed by atoms with E-state index in [-0.39, 0.29) is 37.5 Å². The summed E-state index contributed by atoms with van der Waals surface area (Å²) in [7, 11) is 0. The average molecular weight is 845 g/mol. The predicted molar refractivity (Wildman–Crippen MR) is 260 cm³/mol. The molecule has 0 aliphatic heterocycles. The second-order valence-corrected chi connectivity index (χ2v) is 15.6. The van der Waals surface area contributed by atoms with Crippen LogP contribution < -0.4 is 0 Å². The lowest BCUT2D eigenvalue weighted by molar-refractivity contribution is -0.166. The van der Waals surface area contributed by atoms with Gasteiger partial charge < -0.3 is 14.2 Å². The zero-order chi connectivity index (χ0) is 44.4. The Morgan fingerprint density at radius 2 is 0.672 bits per heavy atom. The molecule has 344 valence electrons. The Bertz CT molecular complexity index is 1290. The summed E-state index contributed by atoms with van der Waals surface area (Å²) < 4.78 is 16.6. The number of unbranched alkanes of at least 4 members (excludes halogenated alkanes) is 13. The summed E-state index contributed by atoms with van der Waals surface area (Å²) in [4.78, 5) is 37.8. The van der Waals surface area contributed by atoms with Crippen molar-refractivity contribution in [2.75, 3.05) is 13.2 Å². The molecule has 0 saturated carbocycles. The standard InChI is InChI=1S/C55H88O6/c1-4-7-10-13-16-19-22-25-27-29-30-33-36-39-42-45-48-54(57)60-51-52(50-59-53(56)47-44-41-38-35-32-24-21-18-15-12-9-6-3)61-55(58)49-46-43-40-37-34-31-28-26-23-20-17-14-11-8-5-2/h7,9-10,12,16,18-21,23,25,27,30,32-33,35,39,42,52H,4-6,8,11,13-15,17,22,24,26,28-29,31,34,36-38,40-41,43-51H2,1-3H3/b10-7-,12-9-,19-16-,21-18-,23-20-,27-25-,33-30-,35-32-,42-39-. The summed E-state index contributed by atoms with van der Waals surface area (Å²) in [5.74, 6) is -1.06. The average Bonchev–Trinajstić information content (AvgIpc) is 3.26. The van der Waals surface area contributed by atoms with Gasteiger partial charge in [0.25, 0.3) is 0 Å². The number of ether oxygens (including phenoxy) is 3. The molecule has 0 spiro atoms. The maximum atomic E-state index is 12.8.